The number of nitrogens with zero attached hydrogens (tertiary/aromatic N) is 3. The predicted molar refractivity (Wildman–Crippen MR) is 107 cm³/mol. The second-order valence-electron chi connectivity index (χ2n) is 7.77. The Kier molecular flexibility index (Phi) is 6.14. The molecule has 1 aromatic heterocycles. The molecule has 1 atom stereocenters. The SMILES string of the molecule is Cc1nn(-c2ccccc2)c(C)c1CC(=O)N1CCC(N)C(C)(C)C1.Cl. The van der Waals surface area contributed by atoms with E-state index in [1.165, 1.54) is 0 Å². The lowest BCUT2D eigenvalue weighted by atomic mass is 9.79. The van der Waals surface area contributed by atoms with Gasteiger partial charge in [-0.15, -0.1) is 12.4 Å². The van der Waals surface area contributed by atoms with Crippen LogP contribution in [0.3, 0.4) is 0 Å². The van der Waals surface area contributed by atoms with Gasteiger partial charge in [-0.2, -0.15) is 5.10 Å². The van der Waals surface area contributed by atoms with Crippen molar-refractivity contribution < 1.29 is 4.79 Å². The smallest absolute Gasteiger partial charge is 0.227 e. The Morgan fingerprint density at radius 1 is 1.27 bits per heavy atom. The van der Waals surface area contributed by atoms with E-state index in [-0.39, 0.29) is 29.8 Å². The molecule has 2 heterocycles. The van der Waals surface area contributed by atoms with Crippen LogP contribution < -0.4 is 5.73 Å². The van der Waals surface area contributed by atoms with Gasteiger partial charge in [0.25, 0.3) is 0 Å². The normalized spacial score (nSPS) is 19.1. The number of nitrogens with two attached hydrogens (primary N) is 1. The highest BCUT2D eigenvalue weighted by Crippen LogP contribution is 2.28. The van der Waals surface area contributed by atoms with Crippen molar-refractivity contribution in [3.63, 3.8) is 0 Å². The zero-order chi connectivity index (χ0) is 18.2. The van der Waals surface area contributed by atoms with E-state index in [9.17, 15) is 4.79 Å². The molecule has 0 spiro atoms. The second-order valence-corrected chi connectivity index (χ2v) is 7.77. The number of likely N-dealkylation sites (tertiary alicyclic amines) is 1. The monoisotopic (exact) mass is 376 g/mol. The van der Waals surface area contributed by atoms with Crippen LogP contribution in [-0.2, 0) is 11.2 Å². The lowest BCUT2D eigenvalue weighted by Crippen LogP contribution is -2.54. The average molecular weight is 377 g/mol. The van der Waals surface area contributed by atoms with Crippen molar-refractivity contribution >= 4 is 18.3 Å². The maximum atomic E-state index is 12.9. The van der Waals surface area contributed by atoms with Crippen LogP contribution in [0.15, 0.2) is 30.3 Å². The lowest BCUT2D eigenvalue weighted by Gasteiger charge is -2.42. The summed E-state index contributed by atoms with van der Waals surface area (Å²) < 4.78 is 1.92. The van der Waals surface area contributed by atoms with E-state index in [4.69, 9.17) is 5.73 Å². The van der Waals surface area contributed by atoms with E-state index >= 15 is 0 Å². The first-order valence-corrected chi connectivity index (χ1v) is 8.93. The number of aryl methyl sites for hydroxylation is 1. The highest BCUT2D eigenvalue weighted by atomic mass is 35.5. The molecule has 1 fully saturated rings. The van der Waals surface area contributed by atoms with Crippen LogP contribution in [0, 0.1) is 19.3 Å². The Morgan fingerprint density at radius 2 is 1.92 bits per heavy atom. The molecule has 142 valence electrons. The number of benzene rings is 1. The fraction of sp³-hybridized carbons (Fsp3) is 0.500. The zero-order valence-corrected chi connectivity index (χ0v) is 16.8. The average Bonchev–Trinajstić information content (AvgIpc) is 2.86. The summed E-state index contributed by atoms with van der Waals surface area (Å²) in [6.07, 6.45) is 1.26. The van der Waals surface area contributed by atoms with Crippen molar-refractivity contribution in [2.75, 3.05) is 13.1 Å². The Hall–Kier alpha value is -1.85. The van der Waals surface area contributed by atoms with Gasteiger partial charge in [0, 0.05) is 30.4 Å². The molecule has 3 rings (SSSR count). The highest BCUT2D eigenvalue weighted by Gasteiger charge is 2.35. The van der Waals surface area contributed by atoms with Gasteiger partial charge in [-0.3, -0.25) is 4.79 Å². The van der Waals surface area contributed by atoms with E-state index in [2.05, 4.69) is 18.9 Å². The van der Waals surface area contributed by atoms with Crippen LogP contribution in [0.2, 0.25) is 0 Å². The lowest BCUT2D eigenvalue weighted by molar-refractivity contribution is -0.133. The van der Waals surface area contributed by atoms with Gasteiger partial charge in [0.05, 0.1) is 17.8 Å². The van der Waals surface area contributed by atoms with Crippen LogP contribution in [0.1, 0.15) is 37.2 Å². The third-order valence-electron chi connectivity index (χ3n) is 5.43. The van der Waals surface area contributed by atoms with Crippen molar-refractivity contribution in [2.45, 2.75) is 46.6 Å². The Labute approximate surface area is 162 Å². The molecule has 1 amide bonds. The molecule has 1 aromatic carbocycles. The van der Waals surface area contributed by atoms with E-state index in [1.807, 2.05) is 53.8 Å². The van der Waals surface area contributed by atoms with Gasteiger partial charge in [0.15, 0.2) is 0 Å². The molecule has 0 saturated carbocycles. The number of aromatic nitrogens is 2. The van der Waals surface area contributed by atoms with Crippen molar-refractivity contribution in [1.29, 1.82) is 0 Å². The third kappa shape index (κ3) is 3.94. The second kappa shape index (κ2) is 7.80. The number of halogens is 1. The summed E-state index contributed by atoms with van der Waals surface area (Å²) in [5.41, 5.74) is 10.2. The van der Waals surface area contributed by atoms with Crippen LogP contribution in [0.25, 0.3) is 5.69 Å². The van der Waals surface area contributed by atoms with Crippen LogP contribution in [0.4, 0.5) is 0 Å². The molecule has 6 heteroatoms. The zero-order valence-electron chi connectivity index (χ0n) is 16.0. The van der Waals surface area contributed by atoms with E-state index in [0.717, 1.165) is 42.1 Å². The molecular weight excluding hydrogens is 348 g/mol. The number of hydrogen-bond donors (Lipinski definition) is 1. The summed E-state index contributed by atoms with van der Waals surface area (Å²) in [6.45, 7) is 9.76. The first kappa shape index (κ1) is 20.5. The number of amides is 1. The van der Waals surface area contributed by atoms with Crippen LogP contribution in [0.5, 0.6) is 0 Å². The van der Waals surface area contributed by atoms with Crippen molar-refractivity contribution in [2.24, 2.45) is 11.1 Å². The Morgan fingerprint density at radius 3 is 2.54 bits per heavy atom. The van der Waals surface area contributed by atoms with Gasteiger partial charge in [-0.1, -0.05) is 32.0 Å². The minimum Gasteiger partial charge on any atom is -0.342 e. The molecule has 0 radical (unpaired) electrons. The first-order valence-electron chi connectivity index (χ1n) is 8.93. The van der Waals surface area contributed by atoms with Crippen LogP contribution in [-0.4, -0.2) is 39.7 Å². The topological polar surface area (TPSA) is 64.2 Å². The molecule has 0 aliphatic carbocycles. The largest absolute Gasteiger partial charge is 0.342 e. The van der Waals surface area contributed by atoms with Gasteiger partial charge in [-0.05, 0) is 37.8 Å². The minimum atomic E-state index is -0.0355. The predicted octanol–water partition coefficient (Wildman–Crippen LogP) is 3.04. The van der Waals surface area contributed by atoms with Gasteiger partial charge in [0.1, 0.15) is 0 Å². The number of piperidine rings is 1. The van der Waals surface area contributed by atoms with Crippen molar-refractivity contribution in [3.05, 3.63) is 47.3 Å². The Bertz CT molecular complexity index is 770. The van der Waals surface area contributed by atoms with Gasteiger partial charge in [0.2, 0.25) is 5.91 Å². The molecule has 1 aliphatic rings. The van der Waals surface area contributed by atoms with Crippen LogP contribution >= 0.6 is 12.4 Å². The minimum absolute atomic E-state index is 0. The fourth-order valence-electron chi connectivity index (χ4n) is 3.60. The summed E-state index contributed by atoms with van der Waals surface area (Å²) in [7, 11) is 0. The maximum absolute atomic E-state index is 12.9. The molecular formula is C20H29ClN4O. The number of hydrogen-bond acceptors (Lipinski definition) is 3. The summed E-state index contributed by atoms with van der Waals surface area (Å²) in [5.74, 6) is 0.166. The molecule has 1 unspecified atom stereocenters. The highest BCUT2D eigenvalue weighted by molar-refractivity contribution is 5.85. The summed E-state index contributed by atoms with van der Waals surface area (Å²) in [5, 5.41) is 4.65. The first-order chi connectivity index (χ1) is 11.8. The number of carbonyl (C=O) groups is 1. The molecule has 2 N–H and O–H groups in total. The summed E-state index contributed by atoms with van der Waals surface area (Å²) in [6, 6.07) is 10.2. The standard InChI is InChI=1S/C20H28N4O.ClH/c1-14-17(15(2)24(22-14)16-8-6-5-7-9-16)12-19(25)23-11-10-18(21)20(3,4)13-23;/h5-9,18H,10-13,21H2,1-4H3;1H. The van der Waals surface area contributed by atoms with Gasteiger partial charge in [-0.25, -0.2) is 4.68 Å². The van der Waals surface area contributed by atoms with Crippen molar-refractivity contribution in [1.82, 2.24) is 14.7 Å². The van der Waals surface area contributed by atoms with E-state index in [0.29, 0.717) is 6.42 Å². The summed E-state index contributed by atoms with van der Waals surface area (Å²) in [4.78, 5) is 14.8. The quantitative estimate of drug-likeness (QED) is 0.895. The molecule has 0 bridgehead atoms. The van der Waals surface area contributed by atoms with E-state index < -0.39 is 0 Å². The van der Waals surface area contributed by atoms with Crippen molar-refractivity contribution in [3.8, 4) is 5.69 Å². The van der Waals surface area contributed by atoms with Gasteiger partial charge >= 0.3 is 0 Å². The maximum Gasteiger partial charge on any atom is 0.227 e. The third-order valence-corrected chi connectivity index (χ3v) is 5.43. The molecule has 5 nitrogen and oxygen atoms in total. The molecule has 1 saturated heterocycles. The molecule has 2 aromatic rings. The van der Waals surface area contributed by atoms with E-state index in [1.54, 1.807) is 0 Å². The number of carbonyl (C=O) groups excluding carboxylic acids is 1. The summed E-state index contributed by atoms with van der Waals surface area (Å²) >= 11 is 0. The fourth-order valence-corrected chi connectivity index (χ4v) is 3.60. The molecule has 26 heavy (non-hydrogen) atoms. The Balaban J connectivity index is 0.00000243. The number of para-hydroxylation sites is 1. The number of rotatable bonds is 3. The molecule has 1 aliphatic heterocycles. The van der Waals surface area contributed by atoms with Gasteiger partial charge < -0.3 is 10.6 Å².